The summed E-state index contributed by atoms with van der Waals surface area (Å²) < 4.78 is 6.17. The molecule has 2 aliphatic heterocycles. The number of piperidine rings is 1. The van der Waals surface area contributed by atoms with Crippen molar-refractivity contribution in [2.75, 3.05) is 11.4 Å². The Bertz CT molecular complexity index is 1070. The quantitative estimate of drug-likeness (QED) is 0.243. The number of nitrogens with zero attached hydrogens (tertiary/aromatic N) is 1. The molecule has 1 unspecified atom stereocenters. The van der Waals surface area contributed by atoms with Gasteiger partial charge < -0.3 is 26.4 Å². The summed E-state index contributed by atoms with van der Waals surface area (Å²) in [6, 6.07) is 13.6. The van der Waals surface area contributed by atoms with Gasteiger partial charge in [-0.15, -0.1) is 0 Å². The van der Waals surface area contributed by atoms with Crippen molar-refractivity contribution in [3.63, 3.8) is 0 Å². The molecule has 0 aromatic heterocycles. The van der Waals surface area contributed by atoms with E-state index < -0.39 is 6.10 Å². The van der Waals surface area contributed by atoms with Gasteiger partial charge in [0, 0.05) is 35.8 Å². The fraction of sp³-hybridized carbons (Fsp3) is 0.500. The van der Waals surface area contributed by atoms with Gasteiger partial charge in [0.15, 0.2) is 0 Å². The number of ether oxygens (including phenoxy) is 1. The predicted octanol–water partition coefficient (Wildman–Crippen LogP) is 4.38. The van der Waals surface area contributed by atoms with Crippen LogP contribution in [-0.4, -0.2) is 29.9 Å². The molecule has 2 aromatic carbocycles. The van der Waals surface area contributed by atoms with Crippen LogP contribution in [0.15, 0.2) is 42.5 Å². The maximum absolute atomic E-state index is 13.6. The highest BCUT2D eigenvalue weighted by atomic mass is 16.5. The number of anilines is 1. The number of unbranched alkanes of at least 4 members (excludes halogenated alkanes) is 2. The Morgan fingerprint density at radius 3 is 2.80 bits per heavy atom. The minimum atomic E-state index is -0.766. The molecule has 35 heavy (non-hydrogen) atoms. The molecule has 7 heteroatoms. The lowest BCUT2D eigenvalue weighted by molar-refractivity contribution is -0.126. The summed E-state index contributed by atoms with van der Waals surface area (Å²) in [5.41, 5.74) is 14.8. The molecule has 4 rings (SSSR count). The van der Waals surface area contributed by atoms with Crippen LogP contribution < -0.4 is 26.4 Å². The van der Waals surface area contributed by atoms with E-state index in [1.165, 1.54) is 19.3 Å². The average molecular weight is 478 g/mol. The molecule has 2 aliphatic rings. The fourth-order valence-electron chi connectivity index (χ4n) is 5.45. The van der Waals surface area contributed by atoms with Crippen molar-refractivity contribution in [1.82, 2.24) is 5.32 Å². The first-order valence-corrected chi connectivity index (χ1v) is 12.8. The SMILES string of the molecule is C[C@H]1CCC[C@@](C)(CCCCCN2C(=O)C(c3cccc(C(=N)N)c3)Oc3ccc(CN)cc32)N1. The first kappa shape index (κ1) is 25.2. The molecular weight excluding hydrogens is 438 g/mol. The van der Waals surface area contributed by atoms with E-state index >= 15 is 0 Å². The third kappa shape index (κ3) is 5.85. The minimum absolute atomic E-state index is 0.0319. The number of nitrogen functional groups attached to an aromatic ring is 1. The molecule has 3 atom stereocenters. The molecule has 1 saturated heterocycles. The predicted molar refractivity (Wildman–Crippen MR) is 141 cm³/mol. The highest BCUT2D eigenvalue weighted by Crippen LogP contribution is 2.40. The molecular formula is C28H39N5O2. The van der Waals surface area contributed by atoms with Crippen LogP contribution in [0.5, 0.6) is 5.75 Å². The van der Waals surface area contributed by atoms with Gasteiger partial charge in [-0.25, -0.2) is 0 Å². The Morgan fingerprint density at radius 2 is 2.06 bits per heavy atom. The van der Waals surface area contributed by atoms with Gasteiger partial charge in [0.05, 0.1) is 5.69 Å². The molecule has 1 amide bonds. The van der Waals surface area contributed by atoms with Crippen LogP contribution in [0.2, 0.25) is 0 Å². The molecule has 2 heterocycles. The van der Waals surface area contributed by atoms with Crippen molar-refractivity contribution in [1.29, 1.82) is 5.41 Å². The number of hydrogen-bond donors (Lipinski definition) is 4. The zero-order valence-electron chi connectivity index (χ0n) is 21.0. The lowest BCUT2D eigenvalue weighted by atomic mass is 9.84. The van der Waals surface area contributed by atoms with Gasteiger partial charge in [-0.2, -0.15) is 0 Å². The summed E-state index contributed by atoms with van der Waals surface area (Å²) in [4.78, 5) is 15.5. The van der Waals surface area contributed by atoms with Crippen molar-refractivity contribution in [3.05, 3.63) is 59.2 Å². The summed E-state index contributed by atoms with van der Waals surface area (Å²) in [5, 5.41) is 11.5. The van der Waals surface area contributed by atoms with E-state index in [1.54, 1.807) is 18.2 Å². The van der Waals surface area contributed by atoms with Gasteiger partial charge in [0.2, 0.25) is 6.10 Å². The number of carbonyl (C=O) groups is 1. The number of nitrogens with one attached hydrogen (secondary N) is 2. The smallest absolute Gasteiger partial charge is 0.272 e. The molecule has 0 radical (unpaired) electrons. The zero-order valence-corrected chi connectivity index (χ0v) is 21.0. The van der Waals surface area contributed by atoms with E-state index in [1.807, 2.05) is 29.2 Å². The van der Waals surface area contributed by atoms with Crippen LogP contribution in [0.1, 0.15) is 81.6 Å². The summed E-state index contributed by atoms with van der Waals surface area (Å²) in [7, 11) is 0. The molecule has 0 spiro atoms. The van der Waals surface area contributed by atoms with E-state index in [0.29, 0.717) is 36.0 Å². The van der Waals surface area contributed by atoms with Crippen LogP contribution in [0.3, 0.4) is 0 Å². The molecule has 0 saturated carbocycles. The average Bonchev–Trinajstić information content (AvgIpc) is 2.84. The lowest BCUT2D eigenvalue weighted by Crippen LogP contribution is -2.50. The van der Waals surface area contributed by atoms with Crippen molar-refractivity contribution in [3.8, 4) is 5.75 Å². The molecule has 0 aliphatic carbocycles. The highest BCUT2D eigenvalue weighted by molar-refractivity contribution is 6.01. The molecule has 1 fully saturated rings. The van der Waals surface area contributed by atoms with Gasteiger partial charge in [-0.05, 0) is 63.3 Å². The first-order chi connectivity index (χ1) is 16.8. The van der Waals surface area contributed by atoms with Crippen LogP contribution in [0.4, 0.5) is 5.69 Å². The van der Waals surface area contributed by atoms with E-state index in [0.717, 1.165) is 36.9 Å². The summed E-state index contributed by atoms with van der Waals surface area (Å²) in [5.74, 6) is 0.547. The number of amidine groups is 1. The minimum Gasteiger partial charge on any atom is -0.474 e. The van der Waals surface area contributed by atoms with Gasteiger partial charge in [0.25, 0.3) is 5.91 Å². The summed E-state index contributed by atoms with van der Waals surface area (Å²) in [6.45, 7) is 5.66. The Labute approximate surface area is 208 Å². The van der Waals surface area contributed by atoms with Crippen LogP contribution in [0.25, 0.3) is 0 Å². The van der Waals surface area contributed by atoms with Gasteiger partial charge in [-0.1, -0.05) is 43.5 Å². The standard InChI is InChI=1S/C28H39N5O2/c1-19-8-7-14-28(2,32-19)13-4-3-5-15-33-23-16-20(18-29)11-12-24(23)35-25(27(33)34)21-9-6-10-22(17-21)26(30)31/h6,9-12,16-17,19,25,32H,3-5,7-8,13-15,18,29H2,1-2H3,(H3,30,31)/t19-,25?,28+/m0/s1. The van der Waals surface area contributed by atoms with Gasteiger partial charge >= 0.3 is 0 Å². The first-order valence-electron chi connectivity index (χ1n) is 12.8. The Morgan fingerprint density at radius 1 is 1.23 bits per heavy atom. The Hall–Kier alpha value is -2.90. The Kier molecular flexibility index (Phi) is 7.77. The number of carbonyl (C=O) groups excluding carboxylic acids is 1. The Balaban J connectivity index is 1.47. The summed E-state index contributed by atoms with van der Waals surface area (Å²) in [6.07, 6.45) is 7.29. The number of benzene rings is 2. The monoisotopic (exact) mass is 477 g/mol. The number of hydrogen-bond acceptors (Lipinski definition) is 5. The van der Waals surface area contributed by atoms with Gasteiger partial charge in [0.1, 0.15) is 11.6 Å². The topological polar surface area (TPSA) is 117 Å². The van der Waals surface area contributed by atoms with E-state index in [-0.39, 0.29) is 17.3 Å². The maximum Gasteiger partial charge on any atom is 0.272 e. The van der Waals surface area contributed by atoms with Crippen LogP contribution >= 0.6 is 0 Å². The van der Waals surface area contributed by atoms with Crippen molar-refractivity contribution >= 4 is 17.4 Å². The zero-order chi connectivity index (χ0) is 25.0. The second-order valence-electron chi connectivity index (χ2n) is 10.3. The number of nitrogens with two attached hydrogens (primary N) is 2. The third-order valence-electron chi connectivity index (χ3n) is 7.36. The number of amides is 1. The van der Waals surface area contributed by atoms with Crippen molar-refractivity contribution in [2.24, 2.45) is 11.5 Å². The molecule has 6 N–H and O–H groups in total. The largest absolute Gasteiger partial charge is 0.474 e. The fourth-order valence-corrected chi connectivity index (χ4v) is 5.45. The van der Waals surface area contributed by atoms with Crippen LogP contribution in [-0.2, 0) is 11.3 Å². The van der Waals surface area contributed by atoms with E-state index in [9.17, 15) is 4.79 Å². The normalized spacial score (nSPS) is 24.1. The van der Waals surface area contributed by atoms with Crippen molar-refractivity contribution < 1.29 is 9.53 Å². The maximum atomic E-state index is 13.6. The van der Waals surface area contributed by atoms with E-state index in [2.05, 4.69) is 19.2 Å². The van der Waals surface area contributed by atoms with E-state index in [4.69, 9.17) is 21.6 Å². The van der Waals surface area contributed by atoms with Crippen molar-refractivity contribution in [2.45, 2.75) is 83.0 Å². The lowest BCUT2D eigenvalue weighted by Gasteiger charge is -2.39. The van der Waals surface area contributed by atoms with Gasteiger partial charge in [-0.3, -0.25) is 10.2 Å². The third-order valence-corrected chi connectivity index (χ3v) is 7.36. The van der Waals surface area contributed by atoms with Crippen LogP contribution in [0, 0.1) is 5.41 Å². The molecule has 2 aromatic rings. The molecule has 188 valence electrons. The second kappa shape index (κ2) is 10.8. The molecule has 7 nitrogen and oxygen atoms in total. The highest BCUT2D eigenvalue weighted by Gasteiger charge is 2.36. The summed E-state index contributed by atoms with van der Waals surface area (Å²) >= 11 is 0. The number of rotatable bonds is 9. The molecule has 0 bridgehead atoms. The second-order valence-corrected chi connectivity index (χ2v) is 10.3. The number of fused-ring (bicyclic) bond motifs is 1.